The van der Waals surface area contributed by atoms with Crippen molar-refractivity contribution in [3.05, 3.63) is 0 Å². The Kier molecular flexibility index (Phi) is 4.65. The first-order valence-electron chi connectivity index (χ1n) is 7.99. The number of unbranched alkanes of at least 4 members (excludes halogenated alkanes) is 3. The molecule has 0 radical (unpaired) electrons. The Balaban J connectivity index is 0.00000120. The van der Waals surface area contributed by atoms with E-state index < -0.39 is 0 Å². The molecule has 0 spiro atoms. The molecule has 18 heavy (non-hydrogen) atoms. The standard InChI is InChI=1S/C16H29N.ClH/c1-2-3-4-5-6-16-10-12-7-13(11-16)9-14(8-12)15(16)17;/h12-15H,2-11,17H2,1H3;1H/t12-,13+,14?,15?,16?;. The predicted octanol–water partition coefficient (Wildman–Crippen LogP) is 4.53. The highest BCUT2D eigenvalue weighted by molar-refractivity contribution is 5.85. The predicted molar refractivity (Wildman–Crippen MR) is 80.0 cm³/mol. The lowest BCUT2D eigenvalue weighted by atomic mass is 9.46. The van der Waals surface area contributed by atoms with Gasteiger partial charge in [-0.3, -0.25) is 0 Å². The van der Waals surface area contributed by atoms with Crippen LogP contribution in [-0.4, -0.2) is 6.04 Å². The van der Waals surface area contributed by atoms with Crippen LogP contribution in [0.1, 0.15) is 71.1 Å². The molecule has 4 rings (SSSR count). The first kappa shape index (κ1) is 14.7. The summed E-state index contributed by atoms with van der Waals surface area (Å²) in [5.74, 6) is 3.00. The van der Waals surface area contributed by atoms with Gasteiger partial charge in [0, 0.05) is 6.04 Å². The highest BCUT2D eigenvalue weighted by atomic mass is 35.5. The van der Waals surface area contributed by atoms with Crippen molar-refractivity contribution in [3.8, 4) is 0 Å². The van der Waals surface area contributed by atoms with Crippen LogP contribution in [0.5, 0.6) is 0 Å². The summed E-state index contributed by atoms with van der Waals surface area (Å²) >= 11 is 0. The first-order chi connectivity index (χ1) is 8.23. The fraction of sp³-hybridized carbons (Fsp3) is 1.00. The molecule has 0 amide bonds. The maximum absolute atomic E-state index is 6.62. The Bertz CT molecular complexity index is 264. The number of rotatable bonds is 5. The molecule has 4 bridgehead atoms. The fourth-order valence-corrected chi connectivity index (χ4v) is 5.52. The zero-order valence-electron chi connectivity index (χ0n) is 11.9. The fourth-order valence-electron chi connectivity index (χ4n) is 5.52. The molecule has 5 atom stereocenters. The van der Waals surface area contributed by atoms with Crippen LogP contribution >= 0.6 is 12.4 Å². The van der Waals surface area contributed by atoms with Crippen molar-refractivity contribution in [2.24, 2.45) is 28.9 Å². The highest BCUT2D eigenvalue weighted by Gasteiger charge is 2.54. The van der Waals surface area contributed by atoms with Crippen molar-refractivity contribution in [2.75, 3.05) is 0 Å². The Morgan fingerprint density at radius 2 is 1.67 bits per heavy atom. The van der Waals surface area contributed by atoms with Gasteiger partial charge in [-0.2, -0.15) is 0 Å². The molecule has 0 aromatic rings. The van der Waals surface area contributed by atoms with Gasteiger partial charge < -0.3 is 5.73 Å². The molecular weight excluding hydrogens is 242 g/mol. The van der Waals surface area contributed by atoms with Gasteiger partial charge in [-0.1, -0.05) is 32.6 Å². The molecule has 0 saturated heterocycles. The van der Waals surface area contributed by atoms with E-state index in [1.54, 1.807) is 6.42 Å². The van der Waals surface area contributed by atoms with E-state index in [0.29, 0.717) is 11.5 Å². The van der Waals surface area contributed by atoms with Crippen LogP contribution in [0, 0.1) is 23.2 Å². The second kappa shape index (κ2) is 5.71. The minimum Gasteiger partial charge on any atom is -0.327 e. The summed E-state index contributed by atoms with van der Waals surface area (Å²) in [6, 6.07) is 0.553. The lowest BCUT2D eigenvalue weighted by molar-refractivity contribution is -0.0773. The van der Waals surface area contributed by atoms with Gasteiger partial charge >= 0.3 is 0 Å². The van der Waals surface area contributed by atoms with E-state index in [0.717, 1.165) is 17.8 Å². The molecule has 4 aliphatic carbocycles. The SMILES string of the molecule is CCCCCCC12C[C@@H]3CC(C[C@@H](C3)C1)C2N.Cl. The molecular formula is C16H30ClN. The monoisotopic (exact) mass is 271 g/mol. The summed E-state index contributed by atoms with van der Waals surface area (Å²) in [6.45, 7) is 2.30. The van der Waals surface area contributed by atoms with E-state index in [9.17, 15) is 0 Å². The summed E-state index contributed by atoms with van der Waals surface area (Å²) in [4.78, 5) is 0. The van der Waals surface area contributed by atoms with Crippen molar-refractivity contribution in [1.29, 1.82) is 0 Å². The minimum atomic E-state index is 0. The van der Waals surface area contributed by atoms with Gasteiger partial charge in [0.25, 0.3) is 0 Å². The third-order valence-electron chi connectivity index (χ3n) is 6.07. The van der Waals surface area contributed by atoms with Crippen LogP contribution in [0.4, 0.5) is 0 Å². The molecule has 4 saturated carbocycles. The number of hydrogen-bond donors (Lipinski definition) is 1. The Hall–Kier alpha value is 0.250. The summed E-state index contributed by atoms with van der Waals surface area (Å²) in [5.41, 5.74) is 7.20. The molecule has 0 aromatic carbocycles. The maximum atomic E-state index is 6.62. The zero-order valence-corrected chi connectivity index (χ0v) is 12.7. The Morgan fingerprint density at radius 1 is 1.00 bits per heavy atom. The van der Waals surface area contributed by atoms with Crippen molar-refractivity contribution < 1.29 is 0 Å². The van der Waals surface area contributed by atoms with Crippen LogP contribution in [0.2, 0.25) is 0 Å². The summed E-state index contributed by atoms with van der Waals surface area (Å²) in [5, 5.41) is 0. The maximum Gasteiger partial charge on any atom is 0.0124 e. The molecule has 2 N–H and O–H groups in total. The summed E-state index contributed by atoms with van der Waals surface area (Å²) in [7, 11) is 0. The third kappa shape index (κ3) is 2.45. The van der Waals surface area contributed by atoms with Gasteiger partial charge in [0.2, 0.25) is 0 Å². The van der Waals surface area contributed by atoms with E-state index >= 15 is 0 Å². The number of halogens is 1. The first-order valence-corrected chi connectivity index (χ1v) is 7.99. The topological polar surface area (TPSA) is 26.0 Å². The van der Waals surface area contributed by atoms with E-state index in [-0.39, 0.29) is 12.4 Å². The van der Waals surface area contributed by atoms with E-state index in [4.69, 9.17) is 5.73 Å². The third-order valence-corrected chi connectivity index (χ3v) is 6.07. The Labute approximate surface area is 119 Å². The van der Waals surface area contributed by atoms with Crippen LogP contribution in [0.3, 0.4) is 0 Å². The average molecular weight is 272 g/mol. The van der Waals surface area contributed by atoms with Crippen molar-refractivity contribution in [2.45, 2.75) is 77.2 Å². The van der Waals surface area contributed by atoms with Crippen LogP contribution in [0.25, 0.3) is 0 Å². The lowest BCUT2D eigenvalue weighted by Crippen LogP contribution is -2.59. The molecule has 4 aliphatic rings. The molecule has 106 valence electrons. The van der Waals surface area contributed by atoms with Crippen LogP contribution < -0.4 is 5.73 Å². The smallest absolute Gasteiger partial charge is 0.0124 e. The van der Waals surface area contributed by atoms with E-state index in [1.807, 2.05) is 0 Å². The molecule has 0 aliphatic heterocycles. The lowest BCUT2D eigenvalue weighted by Gasteiger charge is -2.60. The molecule has 0 aromatic heterocycles. The highest BCUT2D eigenvalue weighted by Crippen LogP contribution is 2.61. The second-order valence-electron chi connectivity index (χ2n) is 7.31. The van der Waals surface area contributed by atoms with Gasteiger partial charge in [-0.15, -0.1) is 12.4 Å². The van der Waals surface area contributed by atoms with Crippen molar-refractivity contribution in [3.63, 3.8) is 0 Å². The normalized spacial score (nSPS) is 45.0. The van der Waals surface area contributed by atoms with Gasteiger partial charge in [-0.25, -0.2) is 0 Å². The van der Waals surface area contributed by atoms with Crippen molar-refractivity contribution >= 4 is 12.4 Å². The van der Waals surface area contributed by atoms with Gasteiger partial charge in [0.15, 0.2) is 0 Å². The van der Waals surface area contributed by atoms with E-state index in [1.165, 1.54) is 57.8 Å². The Morgan fingerprint density at radius 3 is 2.28 bits per heavy atom. The van der Waals surface area contributed by atoms with Gasteiger partial charge in [0.05, 0.1) is 0 Å². The molecule has 3 unspecified atom stereocenters. The zero-order chi connectivity index (χ0) is 11.9. The van der Waals surface area contributed by atoms with Gasteiger partial charge in [0.1, 0.15) is 0 Å². The van der Waals surface area contributed by atoms with Gasteiger partial charge in [-0.05, 0) is 61.7 Å². The average Bonchev–Trinajstić information content (AvgIpc) is 2.31. The van der Waals surface area contributed by atoms with E-state index in [2.05, 4.69) is 6.92 Å². The van der Waals surface area contributed by atoms with Crippen LogP contribution in [-0.2, 0) is 0 Å². The quantitative estimate of drug-likeness (QED) is 0.731. The summed E-state index contributed by atoms with van der Waals surface area (Å²) < 4.78 is 0. The number of nitrogens with two attached hydrogens (primary N) is 1. The largest absolute Gasteiger partial charge is 0.327 e. The molecule has 2 heteroatoms. The molecule has 1 nitrogen and oxygen atoms in total. The van der Waals surface area contributed by atoms with Crippen molar-refractivity contribution in [1.82, 2.24) is 0 Å². The molecule has 0 heterocycles. The summed E-state index contributed by atoms with van der Waals surface area (Å²) in [6.07, 6.45) is 14.5. The second-order valence-corrected chi connectivity index (χ2v) is 7.31. The minimum absolute atomic E-state index is 0. The van der Waals surface area contributed by atoms with Crippen LogP contribution in [0.15, 0.2) is 0 Å². The number of hydrogen-bond acceptors (Lipinski definition) is 1. The molecule has 4 fully saturated rings.